The molecule has 0 unspecified atom stereocenters. The van der Waals surface area contributed by atoms with Crippen LogP contribution in [0, 0.1) is 0 Å². The van der Waals surface area contributed by atoms with E-state index in [4.69, 9.17) is 0 Å². The van der Waals surface area contributed by atoms with E-state index in [1.54, 1.807) is 11.1 Å². The molecule has 0 amide bonds. The molecule has 0 atom stereocenters. The molecule has 2 aliphatic rings. The smallest absolute Gasteiger partial charge is 0.0149 e. The van der Waals surface area contributed by atoms with Gasteiger partial charge < -0.3 is 0 Å². The molecule has 0 N–H and O–H groups in total. The quantitative estimate of drug-likeness (QED) is 0.569. The molecule has 23 heavy (non-hydrogen) atoms. The first-order valence-electron chi connectivity index (χ1n) is 9.61. The van der Waals surface area contributed by atoms with Gasteiger partial charge in [-0.1, -0.05) is 80.6 Å². The summed E-state index contributed by atoms with van der Waals surface area (Å²) in [6, 6.07) is 18.6. The molecular weight excluding hydrogens is 276 g/mol. The Morgan fingerprint density at radius 1 is 0.565 bits per heavy atom. The van der Waals surface area contributed by atoms with E-state index in [0.717, 1.165) is 11.8 Å². The topological polar surface area (TPSA) is 0 Å². The summed E-state index contributed by atoms with van der Waals surface area (Å²) >= 11 is 0. The molecule has 0 bridgehead atoms. The van der Waals surface area contributed by atoms with E-state index in [-0.39, 0.29) is 0 Å². The molecule has 0 nitrogen and oxygen atoms in total. The van der Waals surface area contributed by atoms with E-state index in [0.29, 0.717) is 0 Å². The average molecular weight is 304 g/mol. The summed E-state index contributed by atoms with van der Waals surface area (Å²) in [7, 11) is 0. The highest BCUT2D eigenvalue weighted by Crippen LogP contribution is 2.39. The van der Waals surface area contributed by atoms with Crippen molar-refractivity contribution in [2.45, 2.75) is 69.6 Å². The molecule has 0 saturated heterocycles. The summed E-state index contributed by atoms with van der Waals surface area (Å²) in [5.41, 5.74) is 6.02. The molecular formula is C23H28. The van der Waals surface area contributed by atoms with Gasteiger partial charge in [-0.3, -0.25) is 0 Å². The van der Waals surface area contributed by atoms with Gasteiger partial charge in [-0.15, -0.1) is 0 Å². The Morgan fingerprint density at radius 3 is 1.91 bits per heavy atom. The van der Waals surface area contributed by atoms with Crippen molar-refractivity contribution in [3.8, 4) is 11.1 Å². The van der Waals surface area contributed by atoms with Crippen molar-refractivity contribution in [1.82, 2.24) is 0 Å². The maximum Gasteiger partial charge on any atom is -0.0149 e. The Labute approximate surface area is 140 Å². The molecule has 4 rings (SSSR count). The standard InChI is InChI=1S/C23H28/c1-2-10-20(11-3-1)22-12-6-7-13-23(22)21-16-14-19(15-17-21)18-8-4-5-9-18/h6-7,12-18,20H,1-5,8-11H2. The maximum atomic E-state index is 2.39. The second-order valence-electron chi connectivity index (χ2n) is 7.53. The highest BCUT2D eigenvalue weighted by atomic mass is 14.2. The Kier molecular flexibility index (Phi) is 4.50. The molecule has 120 valence electrons. The van der Waals surface area contributed by atoms with Crippen LogP contribution in [0.25, 0.3) is 11.1 Å². The molecule has 0 aliphatic heterocycles. The zero-order chi connectivity index (χ0) is 15.5. The van der Waals surface area contributed by atoms with Crippen molar-refractivity contribution in [1.29, 1.82) is 0 Å². The third kappa shape index (κ3) is 3.22. The molecule has 0 aromatic heterocycles. The van der Waals surface area contributed by atoms with Gasteiger partial charge in [0.1, 0.15) is 0 Å². The lowest BCUT2D eigenvalue weighted by atomic mass is 9.80. The van der Waals surface area contributed by atoms with E-state index >= 15 is 0 Å². The number of hydrogen-bond acceptors (Lipinski definition) is 0. The van der Waals surface area contributed by atoms with Crippen LogP contribution in [-0.4, -0.2) is 0 Å². The molecule has 2 aliphatic carbocycles. The van der Waals surface area contributed by atoms with Gasteiger partial charge in [-0.2, -0.15) is 0 Å². The fraction of sp³-hybridized carbons (Fsp3) is 0.478. The van der Waals surface area contributed by atoms with Crippen LogP contribution in [0.5, 0.6) is 0 Å². The number of hydrogen-bond donors (Lipinski definition) is 0. The third-order valence-electron chi connectivity index (χ3n) is 6.05. The molecule has 2 fully saturated rings. The lowest BCUT2D eigenvalue weighted by molar-refractivity contribution is 0.444. The van der Waals surface area contributed by atoms with Gasteiger partial charge in [0.2, 0.25) is 0 Å². The predicted molar refractivity (Wildman–Crippen MR) is 98.9 cm³/mol. The summed E-state index contributed by atoms with van der Waals surface area (Å²) in [6.07, 6.45) is 12.6. The van der Waals surface area contributed by atoms with Gasteiger partial charge in [0.15, 0.2) is 0 Å². The summed E-state index contributed by atoms with van der Waals surface area (Å²) < 4.78 is 0. The first-order valence-corrected chi connectivity index (χ1v) is 9.61. The van der Waals surface area contributed by atoms with Crippen LogP contribution in [0.2, 0.25) is 0 Å². The monoisotopic (exact) mass is 304 g/mol. The Bertz CT molecular complexity index is 625. The fourth-order valence-electron chi connectivity index (χ4n) is 4.72. The van der Waals surface area contributed by atoms with E-state index < -0.39 is 0 Å². The van der Waals surface area contributed by atoms with Crippen molar-refractivity contribution < 1.29 is 0 Å². The van der Waals surface area contributed by atoms with Crippen LogP contribution in [0.3, 0.4) is 0 Å². The third-order valence-corrected chi connectivity index (χ3v) is 6.05. The molecule has 2 aromatic rings. The van der Waals surface area contributed by atoms with Crippen molar-refractivity contribution >= 4 is 0 Å². The van der Waals surface area contributed by atoms with Crippen LogP contribution in [0.15, 0.2) is 48.5 Å². The van der Waals surface area contributed by atoms with Crippen LogP contribution >= 0.6 is 0 Å². The van der Waals surface area contributed by atoms with Gasteiger partial charge in [-0.25, -0.2) is 0 Å². The van der Waals surface area contributed by atoms with Gasteiger partial charge in [0.05, 0.1) is 0 Å². The second kappa shape index (κ2) is 6.91. The largest absolute Gasteiger partial charge is 0.0619 e. The summed E-state index contributed by atoms with van der Waals surface area (Å²) in [5.74, 6) is 1.59. The first-order chi connectivity index (χ1) is 11.4. The van der Waals surface area contributed by atoms with E-state index in [1.165, 1.54) is 68.9 Å². The average Bonchev–Trinajstić information content (AvgIpc) is 3.17. The number of benzene rings is 2. The summed E-state index contributed by atoms with van der Waals surface area (Å²) in [4.78, 5) is 0. The SMILES string of the molecule is c1ccc(C2CCCCC2)c(-c2ccc(C3CCCC3)cc2)c1. The van der Waals surface area contributed by atoms with E-state index in [9.17, 15) is 0 Å². The van der Waals surface area contributed by atoms with E-state index in [2.05, 4.69) is 48.5 Å². The minimum absolute atomic E-state index is 0.773. The fourth-order valence-corrected chi connectivity index (χ4v) is 4.72. The Morgan fingerprint density at radius 2 is 1.17 bits per heavy atom. The molecule has 2 saturated carbocycles. The van der Waals surface area contributed by atoms with Crippen LogP contribution < -0.4 is 0 Å². The van der Waals surface area contributed by atoms with Crippen molar-refractivity contribution in [3.05, 3.63) is 59.7 Å². The van der Waals surface area contributed by atoms with E-state index in [1.807, 2.05) is 0 Å². The minimum atomic E-state index is 0.773. The van der Waals surface area contributed by atoms with Crippen molar-refractivity contribution in [2.75, 3.05) is 0 Å². The zero-order valence-electron chi connectivity index (χ0n) is 14.1. The Balaban J connectivity index is 1.62. The molecule has 0 heterocycles. The zero-order valence-corrected chi connectivity index (χ0v) is 14.1. The molecule has 0 spiro atoms. The molecule has 0 heteroatoms. The van der Waals surface area contributed by atoms with Crippen LogP contribution in [0.1, 0.15) is 80.8 Å². The van der Waals surface area contributed by atoms with Crippen molar-refractivity contribution in [3.63, 3.8) is 0 Å². The van der Waals surface area contributed by atoms with Crippen LogP contribution in [0.4, 0.5) is 0 Å². The van der Waals surface area contributed by atoms with Crippen LogP contribution in [-0.2, 0) is 0 Å². The predicted octanol–water partition coefficient (Wildman–Crippen LogP) is 7.06. The molecule has 0 radical (unpaired) electrons. The minimum Gasteiger partial charge on any atom is -0.0619 e. The summed E-state index contributed by atoms with van der Waals surface area (Å²) in [6.45, 7) is 0. The molecule has 2 aromatic carbocycles. The lowest BCUT2D eigenvalue weighted by Gasteiger charge is -2.24. The van der Waals surface area contributed by atoms with Gasteiger partial charge >= 0.3 is 0 Å². The second-order valence-corrected chi connectivity index (χ2v) is 7.53. The lowest BCUT2D eigenvalue weighted by Crippen LogP contribution is -2.05. The Hall–Kier alpha value is -1.56. The van der Waals surface area contributed by atoms with Gasteiger partial charge in [-0.05, 0) is 59.8 Å². The highest BCUT2D eigenvalue weighted by molar-refractivity contribution is 5.68. The summed E-state index contributed by atoms with van der Waals surface area (Å²) in [5, 5.41) is 0. The van der Waals surface area contributed by atoms with Gasteiger partial charge in [0.25, 0.3) is 0 Å². The van der Waals surface area contributed by atoms with Crippen molar-refractivity contribution in [2.24, 2.45) is 0 Å². The first kappa shape index (κ1) is 15.0. The normalized spacial score (nSPS) is 20.0. The van der Waals surface area contributed by atoms with Gasteiger partial charge in [0, 0.05) is 0 Å². The number of rotatable bonds is 3. The highest BCUT2D eigenvalue weighted by Gasteiger charge is 2.20. The maximum absolute atomic E-state index is 2.39.